The van der Waals surface area contributed by atoms with Crippen molar-refractivity contribution in [1.82, 2.24) is 15.1 Å². The minimum Gasteiger partial charge on any atom is -0.390 e. The largest absolute Gasteiger partial charge is 0.390 e. The summed E-state index contributed by atoms with van der Waals surface area (Å²) >= 11 is 0. The van der Waals surface area contributed by atoms with Crippen LogP contribution in [0.2, 0.25) is 0 Å². The summed E-state index contributed by atoms with van der Waals surface area (Å²) in [7, 11) is 0. The summed E-state index contributed by atoms with van der Waals surface area (Å²) in [5.41, 5.74) is 2.72. The Hall–Kier alpha value is -2.87. The Morgan fingerprint density at radius 3 is 3.08 bits per heavy atom. The first-order valence-corrected chi connectivity index (χ1v) is 7.84. The number of hydrogen-bond donors (Lipinski definition) is 4. The lowest BCUT2D eigenvalue weighted by Crippen LogP contribution is -2.23. The lowest BCUT2D eigenvalue weighted by molar-refractivity contribution is 0.0776. The van der Waals surface area contributed by atoms with Crippen molar-refractivity contribution in [3.05, 3.63) is 41.1 Å². The van der Waals surface area contributed by atoms with E-state index >= 15 is 0 Å². The van der Waals surface area contributed by atoms with Crippen LogP contribution in [0.5, 0.6) is 0 Å². The molecule has 1 saturated heterocycles. The molecule has 24 heavy (non-hydrogen) atoms. The van der Waals surface area contributed by atoms with Crippen molar-refractivity contribution in [3.63, 3.8) is 0 Å². The SMILES string of the molecule is O=C(Nc1cc(CO)[nH]n1)Nc1cccc2c1C1CCCN1C2=O. The lowest BCUT2D eigenvalue weighted by atomic mass is 10.0. The van der Waals surface area contributed by atoms with Crippen molar-refractivity contribution in [2.75, 3.05) is 17.2 Å². The van der Waals surface area contributed by atoms with Crippen LogP contribution in [0.4, 0.5) is 16.3 Å². The fraction of sp³-hybridized carbons (Fsp3) is 0.312. The average molecular weight is 327 g/mol. The minimum atomic E-state index is -0.441. The van der Waals surface area contributed by atoms with Gasteiger partial charge in [-0.1, -0.05) is 6.07 Å². The van der Waals surface area contributed by atoms with Gasteiger partial charge in [0.2, 0.25) is 0 Å². The van der Waals surface area contributed by atoms with Gasteiger partial charge in [-0.2, -0.15) is 5.10 Å². The monoisotopic (exact) mass is 327 g/mol. The number of carbonyl (C=O) groups is 2. The van der Waals surface area contributed by atoms with Crippen molar-refractivity contribution < 1.29 is 14.7 Å². The molecule has 1 atom stereocenters. The Balaban J connectivity index is 1.55. The minimum absolute atomic E-state index is 0.0384. The number of H-pyrrole nitrogens is 1. The molecule has 0 spiro atoms. The highest BCUT2D eigenvalue weighted by atomic mass is 16.3. The molecule has 2 aliphatic rings. The Morgan fingerprint density at radius 1 is 1.42 bits per heavy atom. The van der Waals surface area contributed by atoms with E-state index in [2.05, 4.69) is 20.8 Å². The zero-order valence-electron chi connectivity index (χ0n) is 12.9. The number of aliphatic hydroxyl groups excluding tert-OH is 1. The third kappa shape index (κ3) is 2.31. The average Bonchev–Trinajstić information content (AvgIpc) is 3.27. The number of carbonyl (C=O) groups excluding carboxylic acids is 2. The fourth-order valence-electron chi connectivity index (χ4n) is 3.46. The van der Waals surface area contributed by atoms with Crippen LogP contribution >= 0.6 is 0 Å². The highest BCUT2D eigenvalue weighted by Crippen LogP contribution is 2.44. The molecule has 3 heterocycles. The van der Waals surface area contributed by atoms with E-state index in [0.717, 1.165) is 24.9 Å². The molecule has 0 radical (unpaired) electrons. The quantitative estimate of drug-likeness (QED) is 0.689. The van der Waals surface area contributed by atoms with Crippen LogP contribution in [0.1, 0.15) is 40.5 Å². The standard InChI is InChI=1S/C16H17N5O3/c22-8-9-7-13(20-19-9)18-16(24)17-11-4-1-3-10-14(11)12-5-2-6-21(12)15(10)23/h1,3-4,7,12,22H,2,5-6,8H2,(H3,17,18,19,20,24). The molecular weight excluding hydrogens is 310 g/mol. The molecular formula is C16H17N5O3. The van der Waals surface area contributed by atoms with Crippen LogP contribution in [0.3, 0.4) is 0 Å². The van der Waals surface area contributed by atoms with Crippen molar-refractivity contribution in [2.24, 2.45) is 0 Å². The van der Waals surface area contributed by atoms with Crippen molar-refractivity contribution in [1.29, 1.82) is 0 Å². The van der Waals surface area contributed by atoms with Gasteiger partial charge in [-0.15, -0.1) is 0 Å². The number of aromatic amines is 1. The van der Waals surface area contributed by atoms with E-state index in [1.165, 1.54) is 0 Å². The Morgan fingerprint density at radius 2 is 2.29 bits per heavy atom. The van der Waals surface area contributed by atoms with Crippen molar-refractivity contribution >= 4 is 23.4 Å². The van der Waals surface area contributed by atoms with E-state index < -0.39 is 6.03 Å². The molecule has 2 aliphatic heterocycles. The van der Waals surface area contributed by atoms with Crippen LogP contribution in [0.25, 0.3) is 0 Å². The van der Waals surface area contributed by atoms with Gasteiger partial charge >= 0.3 is 6.03 Å². The maximum atomic E-state index is 12.4. The highest BCUT2D eigenvalue weighted by Gasteiger charge is 2.41. The second-order valence-electron chi connectivity index (χ2n) is 5.94. The second kappa shape index (κ2) is 5.64. The molecule has 1 aromatic carbocycles. The van der Waals surface area contributed by atoms with Crippen molar-refractivity contribution in [3.8, 4) is 0 Å². The lowest BCUT2D eigenvalue weighted by Gasteiger charge is -2.17. The molecule has 4 N–H and O–H groups in total. The number of fused-ring (bicyclic) bond motifs is 3. The number of aromatic nitrogens is 2. The van der Waals surface area contributed by atoms with Gasteiger partial charge in [0.1, 0.15) is 0 Å². The maximum absolute atomic E-state index is 12.4. The predicted molar refractivity (Wildman–Crippen MR) is 86.6 cm³/mol. The van der Waals surface area contributed by atoms with E-state index in [1.807, 2.05) is 4.90 Å². The summed E-state index contributed by atoms with van der Waals surface area (Å²) in [6.07, 6.45) is 1.89. The Bertz CT molecular complexity index is 816. The summed E-state index contributed by atoms with van der Waals surface area (Å²) in [6, 6.07) is 6.54. The number of urea groups is 1. The van der Waals surface area contributed by atoms with Gasteiger partial charge in [0.15, 0.2) is 5.82 Å². The molecule has 3 amide bonds. The van der Waals surface area contributed by atoms with E-state index in [0.29, 0.717) is 22.8 Å². The van der Waals surface area contributed by atoms with Gasteiger partial charge in [0.25, 0.3) is 5.91 Å². The van der Waals surface area contributed by atoms with E-state index in [4.69, 9.17) is 5.11 Å². The van der Waals surface area contributed by atoms with Crippen molar-refractivity contribution in [2.45, 2.75) is 25.5 Å². The number of rotatable bonds is 3. The van der Waals surface area contributed by atoms with E-state index in [1.54, 1.807) is 24.3 Å². The van der Waals surface area contributed by atoms with Crippen LogP contribution in [0, 0.1) is 0 Å². The number of anilines is 2. The third-order valence-electron chi connectivity index (χ3n) is 4.47. The second-order valence-corrected chi connectivity index (χ2v) is 5.94. The summed E-state index contributed by atoms with van der Waals surface area (Å²) in [6.45, 7) is 0.586. The smallest absolute Gasteiger partial charge is 0.324 e. The number of amides is 3. The highest BCUT2D eigenvalue weighted by molar-refractivity contribution is 6.05. The number of nitrogens with zero attached hydrogens (tertiary/aromatic N) is 2. The van der Waals surface area contributed by atoms with Gasteiger partial charge in [0, 0.05) is 29.4 Å². The zero-order chi connectivity index (χ0) is 16.7. The summed E-state index contributed by atoms with van der Waals surface area (Å²) in [4.78, 5) is 26.5. The van der Waals surface area contributed by atoms with E-state index in [9.17, 15) is 9.59 Å². The first kappa shape index (κ1) is 14.7. The normalized spacial score (nSPS) is 18.5. The first-order chi connectivity index (χ1) is 11.7. The van der Waals surface area contributed by atoms with Gasteiger partial charge in [-0.05, 0) is 25.0 Å². The molecule has 0 bridgehead atoms. The first-order valence-electron chi connectivity index (χ1n) is 7.84. The molecule has 1 aromatic heterocycles. The Kier molecular flexibility index (Phi) is 3.46. The Labute approximate surface area is 137 Å². The van der Waals surface area contributed by atoms with Gasteiger partial charge in [0.05, 0.1) is 18.3 Å². The van der Waals surface area contributed by atoms with Crippen LogP contribution in [-0.2, 0) is 6.61 Å². The zero-order valence-corrected chi connectivity index (χ0v) is 12.9. The number of aliphatic hydroxyl groups is 1. The van der Waals surface area contributed by atoms with Crippen LogP contribution in [0.15, 0.2) is 24.3 Å². The molecule has 8 nitrogen and oxygen atoms in total. The summed E-state index contributed by atoms with van der Waals surface area (Å²) in [5.74, 6) is 0.360. The predicted octanol–water partition coefficient (Wildman–Crippen LogP) is 1.84. The topological polar surface area (TPSA) is 110 Å². The number of benzene rings is 1. The van der Waals surface area contributed by atoms with Gasteiger partial charge < -0.3 is 15.3 Å². The third-order valence-corrected chi connectivity index (χ3v) is 4.47. The molecule has 1 fully saturated rings. The van der Waals surface area contributed by atoms with Crippen LogP contribution in [-0.4, -0.2) is 38.7 Å². The summed E-state index contributed by atoms with van der Waals surface area (Å²) < 4.78 is 0. The van der Waals surface area contributed by atoms with Gasteiger partial charge in [-0.25, -0.2) is 4.79 Å². The maximum Gasteiger partial charge on any atom is 0.324 e. The number of nitrogens with one attached hydrogen (secondary N) is 3. The van der Waals surface area contributed by atoms with Gasteiger partial charge in [-0.3, -0.25) is 15.2 Å². The summed E-state index contributed by atoms with van der Waals surface area (Å²) in [5, 5.41) is 20.9. The molecule has 124 valence electrons. The molecule has 4 rings (SSSR count). The van der Waals surface area contributed by atoms with Crippen LogP contribution < -0.4 is 10.6 Å². The number of hydrogen-bond acceptors (Lipinski definition) is 4. The molecule has 2 aromatic rings. The molecule has 8 heteroatoms. The molecule has 0 saturated carbocycles. The van der Waals surface area contributed by atoms with E-state index in [-0.39, 0.29) is 18.6 Å². The fourth-order valence-corrected chi connectivity index (χ4v) is 3.46. The molecule has 0 aliphatic carbocycles. The molecule has 1 unspecified atom stereocenters.